The number of aryl methyl sites for hydroxylation is 2. The summed E-state index contributed by atoms with van der Waals surface area (Å²) in [6.07, 6.45) is 3.44. The van der Waals surface area contributed by atoms with Crippen LogP contribution in [0.3, 0.4) is 0 Å². The standard InChI is InChI=1S/C36H36N6O6S2/c1-3-21-17-23(35(37)29-11-7-5-9-27(29)31(41-39)19-33(35)49(43,44)45)13-15-25(21)26-16-14-24(18-22(26)4-2)36(38)30-12-8-6-10-28(30)32(42-40)20-34(36)50(46,47)48/h5-20,33-34,39-40H,3-4,37-38H2,1-2H3,(H,43,44,45)(H,46,47,48)/b41-39+,42-40+. The molecule has 0 amide bonds. The first-order chi connectivity index (χ1) is 24.6. The maximum Gasteiger partial charge on any atom is 0.274 e. The van der Waals surface area contributed by atoms with Crippen LogP contribution in [-0.4, -0.2) is 36.4 Å². The molecule has 12 nitrogen and oxygen atoms in total. The van der Waals surface area contributed by atoms with Gasteiger partial charge in [0.15, 0.2) is 0 Å². The number of hydrogen-bond donors (Lipinski definition) is 6. The van der Waals surface area contributed by atoms with Crippen molar-refractivity contribution < 1.29 is 28.8 Å². The SMILES string of the molecule is [H]/N=N/C1=CC(S(=O)(=O)O)C(N)(c2ccc(-c3ccc(C4(N)c5ccccc5C(/N=N/[H])=CC4S(=O)(=O)O)cc3CC)c(CC)c2)c2ccccc21. The minimum atomic E-state index is -4.79. The predicted molar refractivity (Wildman–Crippen MR) is 190 cm³/mol. The van der Waals surface area contributed by atoms with Crippen LogP contribution in [0.25, 0.3) is 22.5 Å². The Hall–Kier alpha value is -4.70. The van der Waals surface area contributed by atoms with E-state index in [4.69, 9.17) is 14.3 Å². The number of benzene rings is 4. The number of nitrogens with zero attached hydrogens (tertiary/aromatic N) is 2. The van der Waals surface area contributed by atoms with Crippen molar-refractivity contribution >= 4 is 31.6 Å². The summed E-state index contributed by atoms with van der Waals surface area (Å²) in [5.41, 5.74) is 22.8. The summed E-state index contributed by atoms with van der Waals surface area (Å²) in [6.45, 7) is 3.88. The quantitative estimate of drug-likeness (QED) is 0.0866. The number of hydrogen-bond acceptors (Lipinski definition) is 10. The summed E-state index contributed by atoms with van der Waals surface area (Å²) in [7, 11) is -9.59. The van der Waals surface area contributed by atoms with E-state index in [0.717, 1.165) is 22.3 Å². The normalized spacial score (nSPS) is 24.3. The lowest BCUT2D eigenvalue weighted by atomic mass is 9.73. The Morgan fingerprint density at radius 2 is 1.04 bits per heavy atom. The molecule has 0 saturated carbocycles. The fraction of sp³-hybridized carbons (Fsp3) is 0.222. The molecule has 0 bridgehead atoms. The maximum atomic E-state index is 12.9. The highest BCUT2D eigenvalue weighted by Crippen LogP contribution is 2.47. The zero-order chi connectivity index (χ0) is 37.6. The lowest BCUT2D eigenvalue weighted by molar-refractivity contribution is 0.435. The van der Waals surface area contributed by atoms with Gasteiger partial charge in [0.25, 0.3) is 20.2 Å². The van der Waals surface area contributed by atoms with Crippen LogP contribution in [0.1, 0.15) is 58.4 Å². The number of nitrogens with one attached hydrogen (secondary N) is 2. The summed E-state index contributed by atoms with van der Waals surface area (Å²) in [5, 5.41) is 4.28. The van der Waals surface area contributed by atoms with Crippen LogP contribution < -0.4 is 11.5 Å². The highest BCUT2D eigenvalue weighted by molar-refractivity contribution is 7.87. The van der Waals surface area contributed by atoms with Crippen LogP contribution in [0.4, 0.5) is 0 Å². The molecule has 0 aromatic heterocycles. The summed E-state index contributed by atoms with van der Waals surface area (Å²) in [5.74, 6) is 0. The second-order valence-electron chi connectivity index (χ2n) is 12.5. The summed E-state index contributed by atoms with van der Waals surface area (Å²) >= 11 is 0. The van der Waals surface area contributed by atoms with Gasteiger partial charge in [-0.1, -0.05) is 98.8 Å². The second kappa shape index (κ2) is 12.6. The molecule has 14 heteroatoms. The van der Waals surface area contributed by atoms with Gasteiger partial charge in [-0.3, -0.25) is 9.11 Å². The van der Waals surface area contributed by atoms with Crippen LogP contribution in [-0.2, 0) is 44.2 Å². The molecule has 2 aliphatic carbocycles. The topological polar surface area (TPSA) is 233 Å². The van der Waals surface area contributed by atoms with Gasteiger partial charge in [0.2, 0.25) is 2.82 Å². The molecule has 0 radical (unpaired) electrons. The molecular formula is C36H36N6O6S2. The van der Waals surface area contributed by atoms with Gasteiger partial charge in [0, 0.05) is 11.1 Å². The number of fused-ring (bicyclic) bond motifs is 2. The lowest BCUT2D eigenvalue weighted by Gasteiger charge is -2.40. The minimum absolute atomic E-state index is 0.0938. The summed E-state index contributed by atoms with van der Waals surface area (Å²) in [4.78, 5) is 0. The molecule has 0 aliphatic heterocycles. The van der Waals surface area contributed by atoms with Crippen molar-refractivity contribution in [3.63, 3.8) is 0 Å². The van der Waals surface area contributed by atoms with Crippen LogP contribution in [0.5, 0.6) is 0 Å². The van der Waals surface area contributed by atoms with Gasteiger partial charge >= 0.3 is 0 Å². The molecule has 0 fully saturated rings. The third kappa shape index (κ3) is 5.44. The van der Waals surface area contributed by atoms with Crippen molar-refractivity contribution in [3.8, 4) is 11.1 Å². The van der Waals surface area contributed by atoms with Crippen molar-refractivity contribution in [2.45, 2.75) is 48.3 Å². The van der Waals surface area contributed by atoms with E-state index >= 15 is 0 Å². The molecule has 8 N–H and O–H groups in total. The molecule has 4 atom stereocenters. The molecule has 4 unspecified atom stereocenters. The Balaban J connectivity index is 1.52. The molecule has 6 rings (SSSR count). The van der Waals surface area contributed by atoms with E-state index in [1.165, 1.54) is 12.2 Å². The van der Waals surface area contributed by atoms with Crippen LogP contribution in [0.2, 0.25) is 2.82 Å². The summed E-state index contributed by atoms with van der Waals surface area (Å²) < 4.78 is 86.9. The molecular weight excluding hydrogens is 677 g/mol. The number of rotatable bonds is 9. The van der Waals surface area contributed by atoms with Crippen molar-refractivity contribution in [1.29, 1.82) is 11.0 Å². The third-order valence-electron chi connectivity index (χ3n) is 9.89. The molecule has 258 valence electrons. The van der Waals surface area contributed by atoms with E-state index in [0.29, 0.717) is 46.2 Å². The highest BCUT2D eigenvalue weighted by atomic mass is 32.2. The fourth-order valence-electron chi connectivity index (χ4n) is 7.44. The van der Waals surface area contributed by atoms with Crippen molar-refractivity contribution in [2.75, 3.05) is 0 Å². The third-order valence-corrected chi connectivity index (χ3v) is 12.2. The van der Waals surface area contributed by atoms with E-state index < -0.39 is 41.8 Å². The van der Waals surface area contributed by atoms with Gasteiger partial charge in [-0.2, -0.15) is 27.1 Å². The smallest absolute Gasteiger partial charge is 0.274 e. The molecule has 0 heterocycles. The van der Waals surface area contributed by atoms with Crippen molar-refractivity contribution in [2.24, 2.45) is 21.7 Å². The Bertz CT molecular complexity index is 2270. The van der Waals surface area contributed by atoms with Crippen LogP contribution in [0.15, 0.2) is 107 Å². The van der Waals surface area contributed by atoms with Gasteiger partial charge in [0.1, 0.15) is 10.5 Å². The maximum absolute atomic E-state index is 12.9. The predicted octanol–water partition coefficient (Wildman–Crippen LogP) is 6.17. The van der Waals surface area contributed by atoms with Gasteiger partial charge in [-0.15, -0.1) is 0 Å². The first kappa shape index (κ1) is 32.5. The van der Waals surface area contributed by atoms with E-state index in [1.54, 1.807) is 60.7 Å². The Morgan fingerprint density at radius 1 is 0.660 bits per heavy atom. The van der Waals surface area contributed by atoms with Gasteiger partial charge in [-0.25, -0.2) is 11.0 Å². The Labute approximate surface area is 293 Å². The largest absolute Gasteiger partial charge is 0.316 e. The zero-order valence-corrected chi connectivity index (χ0v) is 28.7. The Morgan fingerprint density at radius 3 is 1.38 bits per heavy atom. The molecule has 4 aromatic carbocycles. The average Bonchev–Trinajstić information content (AvgIpc) is 3.12. The van der Waals surface area contributed by atoms with Crippen LogP contribution in [0, 0.1) is 11.0 Å². The Kier molecular flexibility index (Phi) is 8.17. The first-order valence-electron chi connectivity index (χ1n) is 16.6. The first-order valence-corrected chi connectivity index (χ1v) is 18.8. The lowest BCUT2D eigenvalue weighted by Crippen LogP contribution is -2.53. The monoisotopic (exact) mass is 712 g/mol. The minimum Gasteiger partial charge on any atom is -0.316 e. The van der Waals surface area contributed by atoms with Crippen molar-refractivity contribution in [3.05, 3.63) is 142 Å². The van der Waals surface area contributed by atoms with E-state index in [9.17, 15) is 25.9 Å². The van der Waals surface area contributed by atoms with E-state index in [1.807, 2.05) is 38.1 Å². The average molecular weight is 713 g/mol. The molecule has 50 heavy (non-hydrogen) atoms. The number of nitrogens with two attached hydrogens (primary N) is 2. The summed E-state index contributed by atoms with van der Waals surface area (Å²) in [6, 6.07) is 24.3. The van der Waals surface area contributed by atoms with Gasteiger partial charge in [0.05, 0.1) is 22.5 Å². The molecule has 4 aromatic rings. The van der Waals surface area contributed by atoms with Crippen molar-refractivity contribution in [1.82, 2.24) is 0 Å². The fourth-order valence-corrected chi connectivity index (χ4v) is 9.51. The highest BCUT2D eigenvalue weighted by Gasteiger charge is 2.50. The van der Waals surface area contributed by atoms with Gasteiger partial charge in [-0.05, 0) is 69.5 Å². The molecule has 0 saturated heterocycles. The van der Waals surface area contributed by atoms with E-state index in [2.05, 4.69) is 21.3 Å². The zero-order valence-electron chi connectivity index (χ0n) is 29.1. The van der Waals surface area contributed by atoms with E-state index in [-0.39, 0.29) is 11.4 Å². The molecule has 2 aliphatic rings. The second-order valence-corrected chi connectivity index (χ2v) is 15.5. The van der Waals surface area contributed by atoms with Gasteiger partial charge < -0.3 is 11.5 Å². The molecule has 0 spiro atoms. The van der Waals surface area contributed by atoms with Crippen LogP contribution >= 0.6 is 0 Å².